The van der Waals surface area contributed by atoms with Crippen molar-refractivity contribution in [3.05, 3.63) is 47.1 Å². The van der Waals surface area contributed by atoms with E-state index in [1.807, 2.05) is 6.07 Å². The molecule has 2 heterocycles. The van der Waals surface area contributed by atoms with Crippen molar-refractivity contribution >= 4 is 38.5 Å². The van der Waals surface area contributed by atoms with Gasteiger partial charge in [0.25, 0.3) is 0 Å². The summed E-state index contributed by atoms with van der Waals surface area (Å²) in [7, 11) is 0. The smallest absolute Gasteiger partial charge is 0.245 e. The van der Waals surface area contributed by atoms with Crippen LogP contribution in [0.15, 0.2) is 41.5 Å². The number of benzene rings is 1. The van der Waals surface area contributed by atoms with Crippen molar-refractivity contribution < 1.29 is 9.59 Å². The second-order valence-corrected chi connectivity index (χ2v) is 8.12. The van der Waals surface area contributed by atoms with Crippen molar-refractivity contribution in [1.29, 1.82) is 0 Å². The van der Waals surface area contributed by atoms with Gasteiger partial charge in [0.1, 0.15) is 0 Å². The highest BCUT2D eigenvalue weighted by atomic mass is 79.9. The molecule has 1 aromatic carbocycles. The van der Waals surface area contributed by atoms with Gasteiger partial charge in [0.2, 0.25) is 5.91 Å². The molecule has 5 heteroatoms. The zero-order valence-electron chi connectivity index (χ0n) is 14.1. The first-order valence-electron chi connectivity index (χ1n) is 8.76. The molecule has 1 saturated carbocycles. The lowest BCUT2D eigenvalue weighted by atomic mass is 9.94. The maximum atomic E-state index is 12.5. The van der Waals surface area contributed by atoms with Gasteiger partial charge in [-0.15, -0.1) is 0 Å². The normalized spacial score (nSPS) is 17.6. The first-order valence-corrected chi connectivity index (χ1v) is 9.55. The van der Waals surface area contributed by atoms with E-state index in [-0.39, 0.29) is 17.6 Å². The van der Waals surface area contributed by atoms with Gasteiger partial charge in [-0.2, -0.15) is 0 Å². The summed E-state index contributed by atoms with van der Waals surface area (Å²) < 4.78 is 3.18. The maximum absolute atomic E-state index is 12.5. The second kappa shape index (κ2) is 6.45. The van der Waals surface area contributed by atoms with Gasteiger partial charge in [-0.3, -0.25) is 9.59 Å². The molecule has 0 unspecified atom stereocenters. The quantitative estimate of drug-likeness (QED) is 0.690. The summed E-state index contributed by atoms with van der Waals surface area (Å²) in [5.41, 5.74) is 2.51. The lowest BCUT2D eigenvalue weighted by molar-refractivity contribution is -0.134. The van der Waals surface area contributed by atoms with Gasteiger partial charge in [0, 0.05) is 47.0 Å². The first-order chi connectivity index (χ1) is 12.0. The predicted octanol–water partition coefficient (Wildman–Crippen LogP) is 3.88. The summed E-state index contributed by atoms with van der Waals surface area (Å²) in [5, 5.41) is 1.26. The van der Waals surface area contributed by atoms with E-state index in [4.69, 9.17) is 0 Å². The Morgan fingerprint density at radius 2 is 2.04 bits per heavy atom. The summed E-state index contributed by atoms with van der Waals surface area (Å²) in [5.74, 6) is 1.13. The SMILES string of the molecule is C=CC(=O)N1CC(CC(=O)Cn2cc(C3CC3)c3cc(Br)ccc32)C1. The zero-order valence-corrected chi connectivity index (χ0v) is 15.7. The summed E-state index contributed by atoms with van der Waals surface area (Å²) in [6, 6.07) is 6.28. The number of carbonyl (C=O) groups excluding carboxylic acids is 2. The summed E-state index contributed by atoms with van der Waals surface area (Å²) >= 11 is 3.55. The van der Waals surface area contributed by atoms with Gasteiger partial charge in [-0.05, 0) is 48.6 Å². The number of rotatable bonds is 6. The Morgan fingerprint density at radius 3 is 2.72 bits per heavy atom. The minimum absolute atomic E-state index is 0.0419. The Hall–Kier alpha value is -1.88. The second-order valence-electron chi connectivity index (χ2n) is 7.20. The third-order valence-electron chi connectivity index (χ3n) is 5.20. The Bertz CT molecular complexity index is 860. The molecule has 0 atom stereocenters. The van der Waals surface area contributed by atoms with E-state index in [1.165, 1.54) is 29.9 Å². The molecule has 25 heavy (non-hydrogen) atoms. The lowest BCUT2D eigenvalue weighted by Crippen LogP contribution is -2.50. The molecule has 1 amide bonds. The fourth-order valence-corrected chi connectivity index (χ4v) is 4.09. The molecule has 4 nitrogen and oxygen atoms in total. The van der Waals surface area contributed by atoms with Crippen LogP contribution in [0.5, 0.6) is 0 Å². The van der Waals surface area contributed by atoms with Crippen molar-refractivity contribution in [3.8, 4) is 0 Å². The van der Waals surface area contributed by atoms with Crippen LogP contribution in [0.25, 0.3) is 10.9 Å². The average molecular weight is 401 g/mol. The lowest BCUT2D eigenvalue weighted by Gasteiger charge is -2.38. The molecule has 0 N–H and O–H groups in total. The number of hydrogen-bond acceptors (Lipinski definition) is 2. The molecule has 0 spiro atoms. The van der Waals surface area contributed by atoms with Crippen LogP contribution in [0.1, 0.15) is 30.7 Å². The number of aromatic nitrogens is 1. The van der Waals surface area contributed by atoms with Crippen LogP contribution < -0.4 is 0 Å². The van der Waals surface area contributed by atoms with Crippen molar-refractivity contribution in [2.75, 3.05) is 13.1 Å². The van der Waals surface area contributed by atoms with E-state index in [2.05, 4.69) is 45.4 Å². The van der Waals surface area contributed by atoms with E-state index in [9.17, 15) is 9.59 Å². The molecular formula is C20H21BrN2O2. The van der Waals surface area contributed by atoms with Crippen molar-refractivity contribution in [3.63, 3.8) is 0 Å². The van der Waals surface area contributed by atoms with Crippen molar-refractivity contribution in [2.24, 2.45) is 5.92 Å². The van der Waals surface area contributed by atoms with Gasteiger partial charge in [0.15, 0.2) is 5.78 Å². The third-order valence-corrected chi connectivity index (χ3v) is 5.69. The highest BCUT2D eigenvalue weighted by molar-refractivity contribution is 9.10. The summed E-state index contributed by atoms with van der Waals surface area (Å²) in [6.07, 6.45) is 6.53. The third kappa shape index (κ3) is 3.30. The number of ketones is 1. The first kappa shape index (κ1) is 16.6. The fraction of sp³-hybridized carbons (Fsp3) is 0.400. The number of amides is 1. The Kier molecular flexibility index (Phi) is 4.28. The number of fused-ring (bicyclic) bond motifs is 1. The molecule has 1 saturated heterocycles. The van der Waals surface area contributed by atoms with Gasteiger partial charge in [-0.1, -0.05) is 22.5 Å². The number of halogens is 1. The Morgan fingerprint density at radius 1 is 1.28 bits per heavy atom. The summed E-state index contributed by atoms with van der Waals surface area (Å²) in [6.45, 7) is 5.25. The molecule has 1 aromatic heterocycles. The molecule has 130 valence electrons. The molecule has 0 radical (unpaired) electrons. The van der Waals surface area contributed by atoms with E-state index in [0.29, 0.717) is 32.0 Å². The van der Waals surface area contributed by atoms with Crippen LogP contribution in [0, 0.1) is 5.92 Å². The molecule has 4 rings (SSSR count). The fourth-order valence-electron chi connectivity index (χ4n) is 3.73. The van der Waals surface area contributed by atoms with Crippen LogP contribution in [-0.2, 0) is 16.1 Å². The number of carbonyl (C=O) groups is 2. The van der Waals surface area contributed by atoms with Gasteiger partial charge in [0.05, 0.1) is 6.54 Å². The minimum Gasteiger partial charge on any atom is -0.340 e. The number of likely N-dealkylation sites (tertiary alicyclic amines) is 1. The van der Waals surface area contributed by atoms with Gasteiger partial charge < -0.3 is 9.47 Å². The maximum Gasteiger partial charge on any atom is 0.245 e. The number of hydrogen-bond donors (Lipinski definition) is 0. The van der Waals surface area contributed by atoms with Crippen LogP contribution in [0.3, 0.4) is 0 Å². The van der Waals surface area contributed by atoms with Crippen LogP contribution in [0.4, 0.5) is 0 Å². The van der Waals surface area contributed by atoms with Gasteiger partial charge >= 0.3 is 0 Å². The molecule has 2 aromatic rings. The number of nitrogens with zero attached hydrogens (tertiary/aromatic N) is 2. The monoisotopic (exact) mass is 400 g/mol. The topological polar surface area (TPSA) is 42.3 Å². The van der Waals surface area contributed by atoms with Crippen LogP contribution in [0.2, 0.25) is 0 Å². The summed E-state index contributed by atoms with van der Waals surface area (Å²) in [4.78, 5) is 25.7. The molecule has 2 fully saturated rings. The van der Waals surface area contributed by atoms with Crippen LogP contribution >= 0.6 is 15.9 Å². The minimum atomic E-state index is -0.0419. The zero-order chi connectivity index (χ0) is 17.6. The Balaban J connectivity index is 1.45. The van der Waals surface area contributed by atoms with Crippen molar-refractivity contribution in [1.82, 2.24) is 9.47 Å². The largest absolute Gasteiger partial charge is 0.340 e. The number of Topliss-reactive ketones (excluding diaryl/α,β-unsaturated/α-hetero) is 1. The molecule has 1 aliphatic heterocycles. The average Bonchev–Trinajstić information content (AvgIpc) is 3.33. The van der Waals surface area contributed by atoms with Crippen LogP contribution in [-0.4, -0.2) is 34.2 Å². The predicted molar refractivity (Wildman–Crippen MR) is 102 cm³/mol. The van der Waals surface area contributed by atoms with E-state index in [1.54, 1.807) is 4.90 Å². The molecule has 0 bridgehead atoms. The van der Waals surface area contributed by atoms with E-state index < -0.39 is 0 Å². The van der Waals surface area contributed by atoms with Gasteiger partial charge in [-0.25, -0.2) is 0 Å². The van der Waals surface area contributed by atoms with Crippen molar-refractivity contribution in [2.45, 2.75) is 31.7 Å². The standard InChI is InChI=1S/C20H21BrN2O2/c1-2-20(25)23-9-13(10-23)7-16(24)11-22-12-18(14-3-4-14)17-8-15(21)5-6-19(17)22/h2,5-6,8,12-14H,1,3-4,7,9-11H2. The molecular weight excluding hydrogens is 380 g/mol. The molecule has 1 aliphatic carbocycles. The molecule has 2 aliphatic rings. The highest BCUT2D eigenvalue weighted by Crippen LogP contribution is 2.44. The highest BCUT2D eigenvalue weighted by Gasteiger charge is 2.31. The Labute approximate surface area is 155 Å². The van der Waals surface area contributed by atoms with E-state index in [0.717, 1.165) is 9.99 Å². The van der Waals surface area contributed by atoms with E-state index >= 15 is 0 Å².